The standard InChI is InChI=1S/C16H12BrClN2S/c17-15-9-13(18)5-4-12(15)10-20-14-3-1-2-11(8-14)16-19-6-7-21-16/h1-9,20H,10H2. The topological polar surface area (TPSA) is 24.9 Å². The number of rotatable bonds is 4. The van der Waals surface area contributed by atoms with Crippen LogP contribution in [0.15, 0.2) is 58.5 Å². The number of nitrogens with one attached hydrogen (secondary N) is 1. The summed E-state index contributed by atoms with van der Waals surface area (Å²) in [7, 11) is 0. The molecule has 106 valence electrons. The van der Waals surface area contributed by atoms with E-state index in [4.69, 9.17) is 11.6 Å². The van der Waals surface area contributed by atoms with Gasteiger partial charge in [-0.05, 0) is 29.8 Å². The molecule has 1 heterocycles. The zero-order valence-electron chi connectivity index (χ0n) is 11.0. The van der Waals surface area contributed by atoms with Crippen molar-refractivity contribution < 1.29 is 0 Å². The van der Waals surface area contributed by atoms with Crippen molar-refractivity contribution in [2.75, 3.05) is 5.32 Å². The summed E-state index contributed by atoms with van der Waals surface area (Å²) in [6.45, 7) is 0.735. The van der Waals surface area contributed by atoms with Gasteiger partial charge >= 0.3 is 0 Å². The van der Waals surface area contributed by atoms with E-state index in [2.05, 4.69) is 44.4 Å². The maximum atomic E-state index is 5.96. The SMILES string of the molecule is Clc1ccc(CNc2cccc(-c3nccs3)c2)c(Br)c1. The van der Waals surface area contributed by atoms with Crippen molar-refractivity contribution in [2.24, 2.45) is 0 Å². The van der Waals surface area contributed by atoms with E-state index in [0.717, 1.165) is 32.3 Å². The fourth-order valence-corrected chi connectivity index (χ4v) is 3.45. The molecule has 5 heteroatoms. The molecule has 0 spiro atoms. The Morgan fingerprint density at radius 1 is 1.19 bits per heavy atom. The van der Waals surface area contributed by atoms with Crippen LogP contribution in [0.4, 0.5) is 5.69 Å². The summed E-state index contributed by atoms with van der Waals surface area (Å²) >= 11 is 11.1. The minimum Gasteiger partial charge on any atom is -0.381 e. The predicted octanol–water partition coefficient (Wildman–Crippen LogP) is 5.84. The van der Waals surface area contributed by atoms with Crippen LogP contribution >= 0.6 is 38.9 Å². The van der Waals surface area contributed by atoms with Crippen molar-refractivity contribution in [3.63, 3.8) is 0 Å². The highest BCUT2D eigenvalue weighted by atomic mass is 79.9. The van der Waals surface area contributed by atoms with E-state index in [9.17, 15) is 0 Å². The first-order chi connectivity index (χ1) is 10.2. The van der Waals surface area contributed by atoms with Crippen LogP contribution in [0, 0.1) is 0 Å². The Morgan fingerprint density at radius 2 is 2.10 bits per heavy atom. The average Bonchev–Trinajstić information content (AvgIpc) is 3.01. The van der Waals surface area contributed by atoms with E-state index in [-0.39, 0.29) is 0 Å². The first-order valence-corrected chi connectivity index (χ1v) is 8.45. The third kappa shape index (κ3) is 3.64. The van der Waals surface area contributed by atoms with Crippen molar-refractivity contribution in [3.8, 4) is 10.6 Å². The lowest BCUT2D eigenvalue weighted by molar-refractivity contribution is 1.14. The van der Waals surface area contributed by atoms with Gasteiger partial charge in [-0.15, -0.1) is 11.3 Å². The number of benzene rings is 2. The van der Waals surface area contributed by atoms with Crippen LogP contribution in [-0.2, 0) is 6.54 Å². The van der Waals surface area contributed by atoms with Crippen LogP contribution in [0.1, 0.15) is 5.56 Å². The van der Waals surface area contributed by atoms with Crippen molar-refractivity contribution in [1.29, 1.82) is 0 Å². The van der Waals surface area contributed by atoms with Gasteiger partial charge in [0.05, 0.1) is 0 Å². The zero-order valence-corrected chi connectivity index (χ0v) is 14.2. The smallest absolute Gasteiger partial charge is 0.123 e. The predicted molar refractivity (Wildman–Crippen MR) is 94.0 cm³/mol. The number of hydrogen-bond donors (Lipinski definition) is 1. The summed E-state index contributed by atoms with van der Waals surface area (Å²) < 4.78 is 1.01. The fraction of sp³-hybridized carbons (Fsp3) is 0.0625. The van der Waals surface area contributed by atoms with Gasteiger partial charge in [0.2, 0.25) is 0 Å². The molecule has 0 aliphatic rings. The van der Waals surface area contributed by atoms with Crippen LogP contribution in [-0.4, -0.2) is 4.98 Å². The number of anilines is 1. The van der Waals surface area contributed by atoms with Crippen molar-refractivity contribution in [2.45, 2.75) is 6.54 Å². The zero-order chi connectivity index (χ0) is 14.7. The molecule has 0 unspecified atom stereocenters. The summed E-state index contributed by atoms with van der Waals surface area (Å²) in [6.07, 6.45) is 1.82. The molecule has 1 N–H and O–H groups in total. The number of hydrogen-bond acceptors (Lipinski definition) is 3. The highest BCUT2D eigenvalue weighted by Crippen LogP contribution is 2.26. The molecular formula is C16H12BrClN2S. The first-order valence-electron chi connectivity index (χ1n) is 6.40. The van der Waals surface area contributed by atoms with Gasteiger partial charge in [0.25, 0.3) is 0 Å². The van der Waals surface area contributed by atoms with Crippen LogP contribution < -0.4 is 5.32 Å². The second-order valence-electron chi connectivity index (χ2n) is 4.51. The molecule has 0 aliphatic carbocycles. The number of nitrogens with zero attached hydrogens (tertiary/aromatic N) is 1. The van der Waals surface area contributed by atoms with Gasteiger partial charge in [0.1, 0.15) is 5.01 Å². The maximum absolute atomic E-state index is 5.96. The molecule has 3 rings (SSSR count). The van der Waals surface area contributed by atoms with E-state index in [1.165, 1.54) is 5.56 Å². The Bertz CT molecular complexity index is 744. The summed E-state index contributed by atoms with van der Waals surface area (Å²) in [5.74, 6) is 0. The van der Waals surface area contributed by atoms with Gasteiger partial charge < -0.3 is 5.32 Å². The summed E-state index contributed by atoms with van der Waals surface area (Å²) in [4.78, 5) is 4.34. The highest BCUT2D eigenvalue weighted by molar-refractivity contribution is 9.10. The lowest BCUT2D eigenvalue weighted by Gasteiger charge is -2.09. The fourth-order valence-electron chi connectivity index (χ4n) is 1.99. The molecule has 0 fully saturated rings. The molecule has 0 saturated carbocycles. The van der Waals surface area contributed by atoms with Crippen molar-refractivity contribution >= 4 is 44.6 Å². The summed E-state index contributed by atoms with van der Waals surface area (Å²) in [5, 5.41) is 7.18. The molecule has 0 amide bonds. The van der Waals surface area contributed by atoms with Crippen molar-refractivity contribution in [1.82, 2.24) is 4.98 Å². The molecule has 2 nitrogen and oxygen atoms in total. The molecule has 21 heavy (non-hydrogen) atoms. The monoisotopic (exact) mass is 378 g/mol. The van der Waals surface area contributed by atoms with Gasteiger partial charge in [0.15, 0.2) is 0 Å². The summed E-state index contributed by atoms with van der Waals surface area (Å²) in [5.41, 5.74) is 3.37. The number of aromatic nitrogens is 1. The maximum Gasteiger partial charge on any atom is 0.123 e. The molecule has 1 aromatic heterocycles. The molecule has 0 atom stereocenters. The molecule has 0 saturated heterocycles. The second-order valence-corrected chi connectivity index (χ2v) is 6.69. The van der Waals surface area contributed by atoms with Gasteiger partial charge in [-0.2, -0.15) is 0 Å². The highest BCUT2D eigenvalue weighted by Gasteiger charge is 2.03. The average molecular weight is 380 g/mol. The van der Waals surface area contributed by atoms with Gasteiger partial charge in [0, 0.05) is 38.9 Å². The van der Waals surface area contributed by atoms with Gasteiger partial charge in [-0.25, -0.2) is 4.98 Å². The molecule has 0 bridgehead atoms. The van der Waals surface area contributed by atoms with Crippen molar-refractivity contribution in [3.05, 3.63) is 69.1 Å². The van der Waals surface area contributed by atoms with Crippen LogP contribution in [0.25, 0.3) is 10.6 Å². The molecular weight excluding hydrogens is 368 g/mol. The Morgan fingerprint density at radius 3 is 2.86 bits per heavy atom. The molecule has 2 aromatic carbocycles. The van der Waals surface area contributed by atoms with Crippen LogP contribution in [0.3, 0.4) is 0 Å². The number of halogens is 2. The second kappa shape index (κ2) is 6.60. The van der Waals surface area contributed by atoms with Gasteiger partial charge in [-0.1, -0.05) is 45.7 Å². The minimum absolute atomic E-state index is 0.733. The van der Waals surface area contributed by atoms with E-state index >= 15 is 0 Å². The Labute approximate surface area is 140 Å². The first kappa shape index (κ1) is 14.6. The van der Waals surface area contributed by atoms with E-state index < -0.39 is 0 Å². The quantitative estimate of drug-likeness (QED) is 0.616. The largest absolute Gasteiger partial charge is 0.381 e. The third-order valence-corrected chi connectivity index (χ3v) is 4.84. The third-order valence-electron chi connectivity index (χ3n) is 3.04. The Hall–Kier alpha value is -1.36. The normalized spacial score (nSPS) is 10.6. The lowest BCUT2D eigenvalue weighted by Crippen LogP contribution is -2.00. The molecule has 3 aromatic rings. The van der Waals surface area contributed by atoms with E-state index in [1.807, 2.05) is 35.8 Å². The molecule has 0 aliphatic heterocycles. The lowest BCUT2D eigenvalue weighted by atomic mass is 10.2. The van der Waals surface area contributed by atoms with E-state index in [0.29, 0.717) is 0 Å². The minimum atomic E-state index is 0.733. The Kier molecular flexibility index (Phi) is 4.58. The Balaban J connectivity index is 1.75. The van der Waals surface area contributed by atoms with Gasteiger partial charge in [-0.3, -0.25) is 0 Å². The molecule has 0 radical (unpaired) electrons. The van der Waals surface area contributed by atoms with E-state index in [1.54, 1.807) is 11.3 Å². The van der Waals surface area contributed by atoms with Crippen LogP contribution in [0.2, 0.25) is 5.02 Å². The number of thiazole rings is 1. The summed E-state index contributed by atoms with van der Waals surface area (Å²) in [6, 6.07) is 14.1. The van der Waals surface area contributed by atoms with Crippen LogP contribution in [0.5, 0.6) is 0 Å².